The fraction of sp³-hybridized carbons (Fsp3) is 0.491. The first kappa shape index (κ1) is 55.2. The minimum absolute atomic E-state index is 0.0312. The van der Waals surface area contributed by atoms with Crippen LogP contribution in [0.25, 0.3) is 0 Å². The lowest BCUT2D eigenvalue weighted by atomic mass is 9.87. The van der Waals surface area contributed by atoms with Gasteiger partial charge < -0.3 is 48.5 Å². The van der Waals surface area contributed by atoms with Gasteiger partial charge in [0.15, 0.2) is 34.6 Å². The molecule has 4 rings (SSSR count). The Morgan fingerprint density at radius 3 is 1.29 bits per heavy atom. The highest BCUT2D eigenvalue weighted by Crippen LogP contribution is 2.40. The van der Waals surface area contributed by atoms with Crippen LogP contribution in [0, 0.1) is 24.7 Å². The third kappa shape index (κ3) is 16.9. The van der Waals surface area contributed by atoms with Crippen molar-refractivity contribution in [2.24, 2.45) is 10.8 Å². The van der Waals surface area contributed by atoms with E-state index in [2.05, 4.69) is 0 Å². The maximum absolute atomic E-state index is 13.5. The second kappa shape index (κ2) is 25.8. The van der Waals surface area contributed by atoms with Crippen LogP contribution in [0.1, 0.15) is 165 Å². The van der Waals surface area contributed by atoms with Gasteiger partial charge in [-0.1, -0.05) is 60.8 Å². The molecule has 0 aliphatic heterocycles. The number of unbranched alkanes of at least 4 members (excludes halogenated alkanes) is 7. The minimum Gasteiger partial charge on any atom is -0.507 e. The standard InChI is InChI=1S/C55H72O14/c1-35-43(24-21-39(49(35)58)41(56)33-54(3,4)5)65-26-16-12-11-13-17-28-67-46-30-37(20-23-45(46)63-9)53(62)69-48-32-38(52(60)61)31-47(51(48)64-10)68-29-19-15-14-18-27-66-44-25-22-40(50(59)36(44)2)42(57)34-55(6,7)8/h20-25,30-32,58-59H,11-19,26-29,33-34H2,1-10H3,(H,60,61). The van der Waals surface area contributed by atoms with Crippen LogP contribution in [0.15, 0.2) is 54.6 Å². The molecule has 4 aromatic carbocycles. The molecule has 69 heavy (non-hydrogen) atoms. The van der Waals surface area contributed by atoms with E-state index in [1.807, 2.05) is 41.5 Å². The molecule has 0 aliphatic carbocycles. The van der Waals surface area contributed by atoms with Gasteiger partial charge in [-0.15, -0.1) is 0 Å². The number of carbonyl (C=O) groups is 4. The Hall–Kier alpha value is -6.44. The summed E-state index contributed by atoms with van der Waals surface area (Å²) >= 11 is 0. The average molecular weight is 957 g/mol. The van der Waals surface area contributed by atoms with E-state index in [0.717, 1.165) is 51.4 Å². The summed E-state index contributed by atoms with van der Waals surface area (Å²) in [7, 11) is 2.87. The van der Waals surface area contributed by atoms with Gasteiger partial charge in [-0.3, -0.25) is 9.59 Å². The van der Waals surface area contributed by atoms with Crippen LogP contribution in [0.2, 0.25) is 0 Å². The van der Waals surface area contributed by atoms with Crippen molar-refractivity contribution in [3.8, 4) is 51.7 Å². The molecule has 3 N–H and O–H groups in total. The number of carboxylic acids is 1. The number of ketones is 2. The van der Waals surface area contributed by atoms with Crippen molar-refractivity contribution in [2.75, 3.05) is 40.6 Å². The third-order valence-corrected chi connectivity index (χ3v) is 11.2. The van der Waals surface area contributed by atoms with E-state index in [1.54, 1.807) is 44.2 Å². The van der Waals surface area contributed by atoms with Crippen LogP contribution in [0.3, 0.4) is 0 Å². The summed E-state index contributed by atoms with van der Waals surface area (Å²) in [4.78, 5) is 51.0. The molecule has 0 aliphatic rings. The summed E-state index contributed by atoms with van der Waals surface area (Å²) in [6.07, 6.45) is 7.91. The maximum atomic E-state index is 13.5. The van der Waals surface area contributed by atoms with Crippen LogP contribution in [-0.2, 0) is 0 Å². The number of carboxylic acid groups (broad SMARTS) is 1. The first-order valence-electron chi connectivity index (χ1n) is 23.7. The Morgan fingerprint density at radius 2 is 0.870 bits per heavy atom. The van der Waals surface area contributed by atoms with Crippen molar-refractivity contribution in [3.05, 3.63) is 88.0 Å². The molecular weight excluding hydrogens is 885 g/mol. The van der Waals surface area contributed by atoms with Crippen molar-refractivity contribution < 1.29 is 67.7 Å². The van der Waals surface area contributed by atoms with Gasteiger partial charge in [0.2, 0.25) is 5.75 Å². The SMILES string of the molecule is COc1ccc(C(=O)Oc2cc(C(=O)O)cc(OCCCCCCOc3ccc(C(=O)CC(C)(C)C)c(O)c3C)c2OC)cc1OCCCCCCCOc1ccc(C(=O)CC(C)(C)C)c(O)c1C. The predicted octanol–water partition coefficient (Wildman–Crippen LogP) is 12.3. The highest BCUT2D eigenvalue weighted by molar-refractivity contribution is 6.00. The Kier molecular flexibility index (Phi) is 20.6. The monoisotopic (exact) mass is 956 g/mol. The van der Waals surface area contributed by atoms with E-state index in [9.17, 15) is 34.5 Å². The fourth-order valence-corrected chi connectivity index (χ4v) is 7.46. The maximum Gasteiger partial charge on any atom is 0.343 e. The van der Waals surface area contributed by atoms with E-state index < -0.39 is 11.9 Å². The number of Topliss-reactive ketones (excluding diaryl/α,β-unsaturated/α-hetero) is 2. The first-order valence-corrected chi connectivity index (χ1v) is 23.7. The number of rotatable bonds is 28. The highest BCUT2D eigenvalue weighted by Gasteiger charge is 2.25. The number of methoxy groups -OCH3 is 2. The highest BCUT2D eigenvalue weighted by atomic mass is 16.6. The molecule has 14 nitrogen and oxygen atoms in total. The van der Waals surface area contributed by atoms with Crippen molar-refractivity contribution in [2.45, 2.75) is 126 Å². The van der Waals surface area contributed by atoms with Gasteiger partial charge in [-0.05, 0) is 118 Å². The topological polar surface area (TPSA) is 194 Å². The molecular formula is C55H72O14. The number of aromatic hydroxyl groups is 2. The van der Waals surface area contributed by atoms with Crippen LogP contribution in [0.5, 0.6) is 51.7 Å². The zero-order valence-corrected chi connectivity index (χ0v) is 42.1. The number of aromatic carboxylic acids is 1. The van der Waals surface area contributed by atoms with Crippen LogP contribution in [0.4, 0.5) is 0 Å². The summed E-state index contributed by atoms with van der Waals surface area (Å²) in [6.45, 7) is 16.9. The molecule has 4 aromatic rings. The molecule has 0 amide bonds. The van der Waals surface area contributed by atoms with Gasteiger partial charge in [0.25, 0.3) is 0 Å². The number of hydrogen-bond acceptors (Lipinski definition) is 13. The van der Waals surface area contributed by atoms with Crippen LogP contribution in [-0.4, -0.2) is 79.5 Å². The van der Waals surface area contributed by atoms with Crippen LogP contribution >= 0.6 is 0 Å². The van der Waals surface area contributed by atoms with Gasteiger partial charge >= 0.3 is 11.9 Å². The Morgan fingerprint density at radius 1 is 0.478 bits per heavy atom. The smallest absolute Gasteiger partial charge is 0.343 e. The molecule has 0 unspecified atom stereocenters. The molecule has 0 fully saturated rings. The van der Waals surface area contributed by atoms with Gasteiger partial charge in [-0.25, -0.2) is 9.59 Å². The molecule has 376 valence electrons. The van der Waals surface area contributed by atoms with Crippen molar-refractivity contribution in [3.63, 3.8) is 0 Å². The Bertz CT molecular complexity index is 2390. The number of phenolic OH excluding ortho intramolecular Hbond substituents is 2. The second-order valence-electron chi connectivity index (χ2n) is 19.6. The Labute approximate surface area is 407 Å². The minimum atomic E-state index is -1.24. The molecule has 0 saturated carbocycles. The van der Waals surface area contributed by atoms with Crippen molar-refractivity contribution in [1.29, 1.82) is 0 Å². The van der Waals surface area contributed by atoms with Gasteiger partial charge in [0, 0.05) is 24.0 Å². The lowest BCUT2D eigenvalue weighted by Crippen LogP contribution is -2.13. The lowest BCUT2D eigenvalue weighted by molar-refractivity contribution is 0.0684. The summed E-state index contributed by atoms with van der Waals surface area (Å²) in [6, 6.07) is 13.9. The number of carbonyl (C=O) groups excluding carboxylic acids is 3. The zero-order valence-electron chi connectivity index (χ0n) is 42.1. The molecule has 0 bridgehead atoms. The third-order valence-electron chi connectivity index (χ3n) is 11.2. The molecule has 0 spiro atoms. The number of ether oxygens (including phenoxy) is 7. The van der Waals surface area contributed by atoms with E-state index in [0.29, 0.717) is 84.3 Å². The van der Waals surface area contributed by atoms with Gasteiger partial charge in [0.05, 0.1) is 62.9 Å². The number of hydrogen-bond donors (Lipinski definition) is 3. The lowest BCUT2D eigenvalue weighted by Gasteiger charge is -2.18. The zero-order chi connectivity index (χ0) is 50.9. The van der Waals surface area contributed by atoms with Gasteiger partial charge in [0.1, 0.15) is 23.0 Å². The summed E-state index contributed by atoms with van der Waals surface area (Å²) < 4.78 is 40.6. The van der Waals surface area contributed by atoms with Crippen molar-refractivity contribution >= 4 is 23.5 Å². The second-order valence-corrected chi connectivity index (χ2v) is 19.6. The first-order chi connectivity index (χ1) is 32.6. The number of phenols is 2. The fourth-order valence-electron chi connectivity index (χ4n) is 7.46. The quantitative estimate of drug-likeness (QED) is 0.0211. The predicted molar refractivity (Wildman–Crippen MR) is 264 cm³/mol. The summed E-state index contributed by atoms with van der Waals surface area (Å²) in [5.74, 6) is -0.408. The molecule has 0 atom stereocenters. The number of benzene rings is 4. The molecule has 14 heteroatoms. The van der Waals surface area contributed by atoms with E-state index in [-0.39, 0.29) is 68.9 Å². The molecule has 0 radical (unpaired) electrons. The number of esters is 1. The molecule has 0 aromatic heterocycles. The average Bonchev–Trinajstić information content (AvgIpc) is 3.27. The van der Waals surface area contributed by atoms with Crippen molar-refractivity contribution in [1.82, 2.24) is 0 Å². The largest absolute Gasteiger partial charge is 0.507 e. The molecule has 0 heterocycles. The molecule has 0 saturated heterocycles. The van der Waals surface area contributed by atoms with E-state index in [1.165, 1.54) is 38.5 Å². The van der Waals surface area contributed by atoms with E-state index in [4.69, 9.17) is 33.2 Å². The van der Waals surface area contributed by atoms with E-state index >= 15 is 0 Å². The Balaban J connectivity index is 1.22. The normalized spacial score (nSPS) is 11.4. The summed E-state index contributed by atoms with van der Waals surface area (Å²) in [5.41, 5.74) is 1.29. The summed E-state index contributed by atoms with van der Waals surface area (Å²) in [5, 5.41) is 31.2. The van der Waals surface area contributed by atoms with Crippen LogP contribution < -0.4 is 33.2 Å². The van der Waals surface area contributed by atoms with Gasteiger partial charge in [-0.2, -0.15) is 0 Å².